The minimum Gasteiger partial charge on any atom is -0.489 e. The second-order valence-electron chi connectivity index (χ2n) is 4.21. The molecule has 0 amide bonds. The van der Waals surface area contributed by atoms with E-state index in [9.17, 15) is 0 Å². The van der Waals surface area contributed by atoms with Crippen LogP contribution in [-0.4, -0.2) is 0 Å². The number of hydrogen-bond acceptors (Lipinski definition) is 2. The lowest BCUT2D eigenvalue weighted by atomic mass is 10.1. The highest BCUT2D eigenvalue weighted by atomic mass is 16.5. The standard InChI is InChI=1S/C16H15NO/c1-13-4-2-3-5-16(13)18-12-15-8-6-14(7-9-15)10-11-17/h2-9H,10,12H2,1H3. The third-order valence-corrected chi connectivity index (χ3v) is 2.79. The van der Waals surface area contributed by atoms with Crippen molar-refractivity contribution >= 4 is 0 Å². The molecule has 0 aliphatic carbocycles. The maximum atomic E-state index is 8.60. The molecule has 0 aliphatic heterocycles. The molecule has 0 radical (unpaired) electrons. The van der Waals surface area contributed by atoms with E-state index in [1.807, 2.05) is 55.5 Å². The fourth-order valence-electron chi connectivity index (χ4n) is 1.72. The van der Waals surface area contributed by atoms with E-state index in [2.05, 4.69) is 6.07 Å². The monoisotopic (exact) mass is 237 g/mol. The van der Waals surface area contributed by atoms with Crippen LogP contribution in [0.15, 0.2) is 48.5 Å². The zero-order valence-corrected chi connectivity index (χ0v) is 10.4. The highest BCUT2D eigenvalue weighted by Crippen LogP contribution is 2.18. The molecule has 18 heavy (non-hydrogen) atoms. The van der Waals surface area contributed by atoms with Gasteiger partial charge in [-0.25, -0.2) is 0 Å². The molecule has 0 aliphatic rings. The van der Waals surface area contributed by atoms with E-state index in [0.717, 1.165) is 22.4 Å². The molecule has 0 saturated carbocycles. The van der Waals surface area contributed by atoms with Crippen LogP contribution in [0.3, 0.4) is 0 Å². The third kappa shape index (κ3) is 3.11. The Morgan fingerprint density at radius 2 is 1.67 bits per heavy atom. The fraction of sp³-hybridized carbons (Fsp3) is 0.188. The molecule has 0 atom stereocenters. The second-order valence-corrected chi connectivity index (χ2v) is 4.21. The third-order valence-electron chi connectivity index (χ3n) is 2.79. The van der Waals surface area contributed by atoms with Crippen molar-refractivity contribution in [2.24, 2.45) is 0 Å². The Labute approximate surface area is 107 Å². The van der Waals surface area contributed by atoms with Crippen molar-refractivity contribution in [3.63, 3.8) is 0 Å². The predicted octanol–water partition coefficient (Wildman–Crippen LogP) is 3.64. The number of nitrogens with zero attached hydrogens (tertiary/aromatic N) is 1. The maximum absolute atomic E-state index is 8.60. The first-order valence-electron chi connectivity index (χ1n) is 5.93. The smallest absolute Gasteiger partial charge is 0.122 e. The van der Waals surface area contributed by atoms with Gasteiger partial charge >= 0.3 is 0 Å². The minimum absolute atomic E-state index is 0.457. The molecule has 0 saturated heterocycles. The van der Waals surface area contributed by atoms with Crippen molar-refractivity contribution in [2.45, 2.75) is 20.0 Å². The van der Waals surface area contributed by atoms with Gasteiger partial charge in [-0.05, 0) is 29.7 Å². The van der Waals surface area contributed by atoms with Crippen LogP contribution in [0, 0.1) is 18.3 Å². The average Bonchev–Trinajstić information content (AvgIpc) is 2.40. The van der Waals surface area contributed by atoms with Crippen LogP contribution in [0.1, 0.15) is 16.7 Å². The van der Waals surface area contributed by atoms with Crippen LogP contribution >= 0.6 is 0 Å². The van der Waals surface area contributed by atoms with E-state index in [4.69, 9.17) is 10.00 Å². The van der Waals surface area contributed by atoms with E-state index >= 15 is 0 Å². The van der Waals surface area contributed by atoms with Gasteiger partial charge in [0.2, 0.25) is 0 Å². The summed E-state index contributed by atoms with van der Waals surface area (Å²) in [6.45, 7) is 2.59. The van der Waals surface area contributed by atoms with E-state index in [1.54, 1.807) is 0 Å². The predicted molar refractivity (Wildman–Crippen MR) is 71.3 cm³/mol. The summed E-state index contributed by atoms with van der Waals surface area (Å²) >= 11 is 0. The first-order chi connectivity index (χ1) is 8.79. The Morgan fingerprint density at radius 1 is 1.00 bits per heavy atom. The van der Waals surface area contributed by atoms with E-state index in [1.165, 1.54) is 0 Å². The largest absolute Gasteiger partial charge is 0.489 e. The number of para-hydroxylation sites is 1. The summed E-state index contributed by atoms with van der Waals surface area (Å²) in [7, 11) is 0. The lowest BCUT2D eigenvalue weighted by Crippen LogP contribution is -1.97. The van der Waals surface area contributed by atoms with Crippen LogP contribution in [-0.2, 0) is 13.0 Å². The minimum atomic E-state index is 0.457. The topological polar surface area (TPSA) is 33.0 Å². The summed E-state index contributed by atoms with van der Waals surface area (Å²) in [6, 6.07) is 18.1. The van der Waals surface area contributed by atoms with E-state index in [-0.39, 0.29) is 0 Å². The molecule has 0 heterocycles. The number of rotatable bonds is 4. The zero-order chi connectivity index (χ0) is 12.8. The van der Waals surface area contributed by atoms with E-state index < -0.39 is 0 Å². The number of ether oxygens (including phenoxy) is 1. The summed E-state index contributed by atoms with van der Waals surface area (Å²) in [5.41, 5.74) is 3.29. The van der Waals surface area contributed by atoms with Crippen molar-refractivity contribution in [1.82, 2.24) is 0 Å². The molecule has 0 fully saturated rings. The van der Waals surface area contributed by atoms with Crippen molar-refractivity contribution in [3.8, 4) is 11.8 Å². The summed E-state index contributed by atoms with van der Waals surface area (Å²) in [5, 5.41) is 8.60. The zero-order valence-electron chi connectivity index (χ0n) is 10.4. The molecule has 2 aromatic rings. The molecule has 0 bridgehead atoms. The summed E-state index contributed by atoms with van der Waals surface area (Å²) in [6.07, 6.45) is 0.457. The van der Waals surface area contributed by atoms with E-state index in [0.29, 0.717) is 13.0 Å². The molecule has 90 valence electrons. The lowest BCUT2D eigenvalue weighted by Gasteiger charge is -2.09. The Morgan fingerprint density at radius 3 is 2.33 bits per heavy atom. The number of benzene rings is 2. The first-order valence-corrected chi connectivity index (χ1v) is 5.93. The van der Waals surface area contributed by atoms with Gasteiger partial charge in [-0.1, -0.05) is 42.5 Å². The van der Waals surface area contributed by atoms with Crippen molar-refractivity contribution in [1.29, 1.82) is 5.26 Å². The van der Waals surface area contributed by atoms with Crippen LogP contribution in [0.5, 0.6) is 5.75 Å². The first kappa shape index (κ1) is 12.2. The maximum Gasteiger partial charge on any atom is 0.122 e. The van der Waals surface area contributed by atoms with Crippen molar-refractivity contribution in [2.75, 3.05) is 0 Å². The Kier molecular flexibility index (Phi) is 3.98. The van der Waals surface area contributed by atoms with Gasteiger partial charge in [-0.3, -0.25) is 0 Å². The molecule has 2 aromatic carbocycles. The second kappa shape index (κ2) is 5.88. The summed E-state index contributed by atoms with van der Waals surface area (Å²) in [4.78, 5) is 0. The Balaban J connectivity index is 1.98. The molecule has 2 nitrogen and oxygen atoms in total. The Bertz CT molecular complexity index is 552. The highest BCUT2D eigenvalue weighted by Gasteiger charge is 1.99. The van der Waals surface area contributed by atoms with Crippen LogP contribution < -0.4 is 4.74 Å². The molecule has 0 aromatic heterocycles. The van der Waals surface area contributed by atoms with Crippen LogP contribution in [0.2, 0.25) is 0 Å². The van der Waals surface area contributed by atoms with Gasteiger partial charge in [0.1, 0.15) is 12.4 Å². The van der Waals surface area contributed by atoms with Gasteiger partial charge in [0.25, 0.3) is 0 Å². The SMILES string of the molecule is Cc1ccccc1OCc1ccc(CC#N)cc1. The summed E-state index contributed by atoms with van der Waals surface area (Å²) < 4.78 is 5.76. The molecular weight excluding hydrogens is 222 g/mol. The average molecular weight is 237 g/mol. The van der Waals surface area contributed by atoms with Gasteiger partial charge in [-0.15, -0.1) is 0 Å². The van der Waals surface area contributed by atoms with Gasteiger partial charge in [0, 0.05) is 0 Å². The van der Waals surface area contributed by atoms with Gasteiger partial charge in [-0.2, -0.15) is 5.26 Å². The number of hydrogen-bond donors (Lipinski definition) is 0. The molecule has 0 unspecified atom stereocenters. The molecule has 0 N–H and O–H groups in total. The Hall–Kier alpha value is -2.27. The fourth-order valence-corrected chi connectivity index (χ4v) is 1.72. The quantitative estimate of drug-likeness (QED) is 0.813. The normalized spacial score (nSPS) is 9.78. The number of nitriles is 1. The van der Waals surface area contributed by atoms with Gasteiger partial charge in [0.15, 0.2) is 0 Å². The number of aryl methyl sites for hydroxylation is 1. The highest BCUT2D eigenvalue weighted by molar-refractivity contribution is 5.32. The lowest BCUT2D eigenvalue weighted by molar-refractivity contribution is 0.304. The molecule has 2 heteroatoms. The van der Waals surface area contributed by atoms with Gasteiger partial charge in [0.05, 0.1) is 12.5 Å². The molecular formula is C16H15NO. The van der Waals surface area contributed by atoms with Crippen LogP contribution in [0.4, 0.5) is 0 Å². The molecule has 2 rings (SSSR count). The van der Waals surface area contributed by atoms with Crippen molar-refractivity contribution in [3.05, 3.63) is 65.2 Å². The molecule has 0 spiro atoms. The van der Waals surface area contributed by atoms with Crippen molar-refractivity contribution < 1.29 is 4.74 Å². The van der Waals surface area contributed by atoms with Crippen LogP contribution in [0.25, 0.3) is 0 Å². The van der Waals surface area contributed by atoms with Gasteiger partial charge < -0.3 is 4.74 Å². The summed E-state index contributed by atoms with van der Waals surface area (Å²) in [5.74, 6) is 0.915.